The van der Waals surface area contributed by atoms with Gasteiger partial charge in [0.1, 0.15) is 5.82 Å². The minimum absolute atomic E-state index is 0.105. The van der Waals surface area contributed by atoms with E-state index in [1.165, 1.54) is 6.07 Å². The zero-order chi connectivity index (χ0) is 19.2. The summed E-state index contributed by atoms with van der Waals surface area (Å²) >= 11 is 0. The van der Waals surface area contributed by atoms with E-state index in [2.05, 4.69) is 10.2 Å². The van der Waals surface area contributed by atoms with Crippen LogP contribution in [-0.2, 0) is 0 Å². The summed E-state index contributed by atoms with van der Waals surface area (Å²) in [7, 11) is 0. The fourth-order valence-corrected chi connectivity index (χ4v) is 2.60. The molecule has 0 spiro atoms. The fourth-order valence-electron chi connectivity index (χ4n) is 2.60. The normalized spacial score (nSPS) is 10.7. The van der Waals surface area contributed by atoms with Crippen LogP contribution in [-0.4, -0.2) is 30.0 Å². The van der Waals surface area contributed by atoms with Crippen molar-refractivity contribution in [2.75, 3.05) is 19.8 Å². The molecule has 0 unspecified atom stereocenters. The summed E-state index contributed by atoms with van der Waals surface area (Å²) in [5.41, 5.74) is 0.845. The molecule has 142 valence electrons. The molecule has 0 saturated carbocycles. The Hall–Kier alpha value is -3.09. The summed E-state index contributed by atoms with van der Waals surface area (Å²) in [6, 6.07) is 9.73. The smallest absolute Gasteiger partial charge is 0.251 e. The summed E-state index contributed by atoms with van der Waals surface area (Å²) in [6.45, 7) is 7.03. The molecule has 1 heterocycles. The summed E-state index contributed by atoms with van der Waals surface area (Å²) in [5.74, 6) is 1.48. The van der Waals surface area contributed by atoms with Crippen molar-refractivity contribution in [3.05, 3.63) is 42.2 Å². The molecule has 6 nitrogen and oxygen atoms in total. The maximum absolute atomic E-state index is 14.0. The van der Waals surface area contributed by atoms with Crippen molar-refractivity contribution in [2.45, 2.75) is 20.8 Å². The van der Waals surface area contributed by atoms with Crippen molar-refractivity contribution < 1.29 is 23.0 Å². The van der Waals surface area contributed by atoms with Crippen LogP contribution in [0.5, 0.6) is 17.2 Å². The van der Waals surface area contributed by atoms with Crippen molar-refractivity contribution in [2.24, 2.45) is 0 Å². The highest BCUT2D eigenvalue weighted by Gasteiger charge is 2.20. The van der Waals surface area contributed by atoms with Crippen LogP contribution >= 0.6 is 0 Å². The van der Waals surface area contributed by atoms with Gasteiger partial charge in [-0.15, -0.1) is 10.2 Å². The molecule has 7 heteroatoms. The van der Waals surface area contributed by atoms with Crippen LogP contribution < -0.4 is 14.2 Å². The van der Waals surface area contributed by atoms with E-state index < -0.39 is 5.82 Å². The number of hydrogen-bond donors (Lipinski definition) is 0. The third kappa shape index (κ3) is 4.02. The Kier molecular flexibility index (Phi) is 5.90. The number of aromatic nitrogens is 2. The van der Waals surface area contributed by atoms with Gasteiger partial charge in [-0.05, 0) is 45.0 Å². The van der Waals surface area contributed by atoms with Gasteiger partial charge in [0.05, 0.1) is 25.4 Å². The van der Waals surface area contributed by atoms with E-state index in [0.29, 0.717) is 42.6 Å². The summed E-state index contributed by atoms with van der Waals surface area (Å²) in [4.78, 5) is 0. The SMILES string of the molecule is CCOc1cc(-c2nnc(-c3ccccc3F)o2)cc(OCC)c1OCC. The molecule has 0 aliphatic rings. The Balaban J connectivity index is 2.05. The predicted molar refractivity (Wildman–Crippen MR) is 98.6 cm³/mol. The predicted octanol–water partition coefficient (Wildman–Crippen LogP) is 4.74. The number of nitrogens with zero attached hydrogens (tertiary/aromatic N) is 2. The molecule has 0 aliphatic heterocycles. The van der Waals surface area contributed by atoms with E-state index in [-0.39, 0.29) is 17.3 Å². The average Bonchev–Trinajstić information content (AvgIpc) is 3.15. The Morgan fingerprint density at radius 3 is 2.04 bits per heavy atom. The van der Waals surface area contributed by atoms with E-state index in [4.69, 9.17) is 18.6 Å². The van der Waals surface area contributed by atoms with Crippen LogP contribution in [0.4, 0.5) is 4.39 Å². The van der Waals surface area contributed by atoms with E-state index in [1.807, 2.05) is 20.8 Å². The molecular weight excluding hydrogens is 351 g/mol. The molecular formula is C20H21FN2O4. The molecule has 3 aromatic rings. The van der Waals surface area contributed by atoms with Crippen molar-refractivity contribution in [1.82, 2.24) is 10.2 Å². The highest BCUT2D eigenvalue weighted by Crippen LogP contribution is 2.42. The Morgan fingerprint density at radius 2 is 1.44 bits per heavy atom. The molecule has 3 rings (SSSR count). The van der Waals surface area contributed by atoms with Gasteiger partial charge in [-0.1, -0.05) is 12.1 Å². The van der Waals surface area contributed by atoms with Gasteiger partial charge in [-0.2, -0.15) is 0 Å². The quantitative estimate of drug-likeness (QED) is 0.569. The molecule has 0 fully saturated rings. The van der Waals surface area contributed by atoms with Crippen LogP contribution in [0.15, 0.2) is 40.8 Å². The van der Waals surface area contributed by atoms with Crippen molar-refractivity contribution in [3.63, 3.8) is 0 Å². The lowest BCUT2D eigenvalue weighted by molar-refractivity contribution is 0.261. The lowest BCUT2D eigenvalue weighted by Crippen LogP contribution is -2.03. The third-order valence-corrected chi connectivity index (χ3v) is 3.69. The minimum atomic E-state index is -0.426. The highest BCUT2D eigenvalue weighted by molar-refractivity contribution is 5.66. The van der Waals surface area contributed by atoms with Crippen LogP contribution in [0.3, 0.4) is 0 Å². The molecule has 1 aromatic heterocycles. The van der Waals surface area contributed by atoms with E-state index >= 15 is 0 Å². The molecule has 0 atom stereocenters. The van der Waals surface area contributed by atoms with Gasteiger partial charge in [0, 0.05) is 5.56 Å². The Bertz CT molecular complexity index is 883. The second kappa shape index (κ2) is 8.53. The van der Waals surface area contributed by atoms with E-state index in [1.54, 1.807) is 30.3 Å². The van der Waals surface area contributed by atoms with Crippen LogP contribution in [0.1, 0.15) is 20.8 Å². The number of rotatable bonds is 8. The topological polar surface area (TPSA) is 66.6 Å². The maximum atomic E-state index is 14.0. The fraction of sp³-hybridized carbons (Fsp3) is 0.300. The standard InChI is InChI=1S/C20H21FN2O4/c1-4-24-16-11-13(12-17(25-5-2)18(16)26-6-3)19-22-23-20(27-19)14-9-7-8-10-15(14)21/h7-12H,4-6H2,1-3H3. The van der Waals surface area contributed by atoms with Gasteiger partial charge in [0.25, 0.3) is 5.89 Å². The minimum Gasteiger partial charge on any atom is -0.490 e. The van der Waals surface area contributed by atoms with Crippen molar-refractivity contribution >= 4 is 0 Å². The van der Waals surface area contributed by atoms with E-state index in [9.17, 15) is 4.39 Å². The van der Waals surface area contributed by atoms with Crippen LogP contribution in [0.2, 0.25) is 0 Å². The first-order chi connectivity index (χ1) is 13.2. The monoisotopic (exact) mass is 372 g/mol. The van der Waals surface area contributed by atoms with Gasteiger partial charge in [-0.3, -0.25) is 0 Å². The molecule has 0 amide bonds. The first-order valence-corrected chi connectivity index (χ1v) is 8.83. The number of halogens is 1. The van der Waals surface area contributed by atoms with E-state index in [0.717, 1.165) is 0 Å². The molecule has 0 N–H and O–H groups in total. The number of hydrogen-bond acceptors (Lipinski definition) is 6. The molecule has 27 heavy (non-hydrogen) atoms. The second-order valence-electron chi connectivity index (χ2n) is 5.49. The summed E-state index contributed by atoms with van der Waals surface area (Å²) in [5, 5.41) is 8.01. The first kappa shape index (κ1) is 18.7. The van der Waals surface area contributed by atoms with Gasteiger partial charge < -0.3 is 18.6 Å². The zero-order valence-corrected chi connectivity index (χ0v) is 15.5. The molecule has 0 radical (unpaired) electrons. The third-order valence-electron chi connectivity index (χ3n) is 3.69. The zero-order valence-electron chi connectivity index (χ0n) is 15.5. The van der Waals surface area contributed by atoms with Crippen molar-refractivity contribution in [3.8, 4) is 40.2 Å². The lowest BCUT2D eigenvalue weighted by atomic mass is 10.1. The lowest BCUT2D eigenvalue weighted by Gasteiger charge is -2.16. The number of ether oxygens (including phenoxy) is 3. The Morgan fingerprint density at radius 1 is 0.852 bits per heavy atom. The number of benzene rings is 2. The first-order valence-electron chi connectivity index (χ1n) is 8.83. The van der Waals surface area contributed by atoms with Gasteiger partial charge in [-0.25, -0.2) is 4.39 Å². The molecule has 0 saturated heterocycles. The Labute approximate surface area is 156 Å². The maximum Gasteiger partial charge on any atom is 0.251 e. The van der Waals surface area contributed by atoms with Crippen molar-refractivity contribution in [1.29, 1.82) is 0 Å². The van der Waals surface area contributed by atoms with Gasteiger partial charge >= 0.3 is 0 Å². The van der Waals surface area contributed by atoms with Crippen LogP contribution in [0, 0.1) is 5.82 Å². The largest absolute Gasteiger partial charge is 0.490 e. The summed E-state index contributed by atoms with van der Waals surface area (Å²) in [6.07, 6.45) is 0. The van der Waals surface area contributed by atoms with Gasteiger partial charge in [0.15, 0.2) is 11.5 Å². The molecule has 2 aromatic carbocycles. The van der Waals surface area contributed by atoms with Crippen LogP contribution in [0.25, 0.3) is 22.9 Å². The molecule has 0 aliphatic carbocycles. The highest BCUT2D eigenvalue weighted by atomic mass is 19.1. The molecule has 0 bridgehead atoms. The average molecular weight is 372 g/mol. The summed E-state index contributed by atoms with van der Waals surface area (Å²) < 4.78 is 36.7. The van der Waals surface area contributed by atoms with Gasteiger partial charge in [0.2, 0.25) is 11.6 Å². The second-order valence-corrected chi connectivity index (χ2v) is 5.49.